The van der Waals surface area contributed by atoms with Crippen LogP contribution < -0.4 is 0 Å². The molecule has 2 rings (SSSR count). The summed E-state index contributed by atoms with van der Waals surface area (Å²) in [5, 5.41) is 10.5. The molecule has 1 aromatic rings. The Morgan fingerprint density at radius 3 is 2.78 bits per heavy atom. The van der Waals surface area contributed by atoms with Gasteiger partial charge in [-0.15, -0.1) is 0 Å². The third-order valence-electron chi connectivity index (χ3n) is 3.66. The third-order valence-corrected chi connectivity index (χ3v) is 3.66. The first-order valence-electron chi connectivity index (χ1n) is 7.13. The summed E-state index contributed by atoms with van der Waals surface area (Å²) in [5.41, 5.74) is 0.606. The number of carbonyl (C=O) groups is 2. The molecule has 0 saturated heterocycles. The van der Waals surface area contributed by atoms with Gasteiger partial charge in [-0.25, -0.2) is 4.39 Å². The van der Waals surface area contributed by atoms with Crippen molar-refractivity contribution in [3.63, 3.8) is 0 Å². The Balaban J connectivity index is 1.86. The monoisotopic (exact) mass is 324 g/mol. The zero-order valence-corrected chi connectivity index (χ0v) is 12.8. The van der Waals surface area contributed by atoms with Gasteiger partial charge < -0.3 is 9.64 Å². The molecule has 1 aliphatic carbocycles. The highest BCUT2D eigenvalue weighted by Gasteiger charge is 2.55. The fraction of sp³-hybridized carbons (Fsp3) is 0.467. The number of carbonyl (C=O) groups excluding carboxylic acids is 2. The van der Waals surface area contributed by atoms with Crippen LogP contribution in [0.3, 0.4) is 0 Å². The van der Waals surface area contributed by atoms with Gasteiger partial charge in [-0.3, -0.25) is 19.7 Å². The number of ether oxygens (including phenoxy) is 1. The number of hydrogen-bond donors (Lipinski definition) is 0. The summed E-state index contributed by atoms with van der Waals surface area (Å²) >= 11 is 0. The zero-order chi connectivity index (χ0) is 17.1. The van der Waals surface area contributed by atoms with Gasteiger partial charge in [-0.1, -0.05) is 12.1 Å². The Morgan fingerprint density at radius 2 is 2.22 bits per heavy atom. The van der Waals surface area contributed by atoms with Crippen LogP contribution >= 0.6 is 0 Å². The molecule has 1 aromatic carbocycles. The van der Waals surface area contributed by atoms with E-state index >= 15 is 0 Å². The summed E-state index contributed by atoms with van der Waals surface area (Å²) in [6.07, 6.45) is -0.902. The van der Waals surface area contributed by atoms with Crippen molar-refractivity contribution in [3.05, 3.63) is 45.8 Å². The van der Waals surface area contributed by atoms with Crippen molar-refractivity contribution >= 4 is 11.9 Å². The molecule has 23 heavy (non-hydrogen) atoms. The summed E-state index contributed by atoms with van der Waals surface area (Å²) < 4.78 is 18.1. The first-order chi connectivity index (χ1) is 10.8. The Labute approximate surface area is 132 Å². The Morgan fingerprint density at radius 1 is 1.52 bits per heavy atom. The molecule has 8 heteroatoms. The fourth-order valence-corrected chi connectivity index (χ4v) is 2.28. The molecule has 0 N–H and O–H groups in total. The van der Waals surface area contributed by atoms with E-state index in [1.54, 1.807) is 6.07 Å². The van der Waals surface area contributed by atoms with Gasteiger partial charge in [0.15, 0.2) is 6.10 Å². The lowest BCUT2D eigenvalue weighted by Crippen LogP contribution is -2.37. The minimum absolute atomic E-state index is 0.145. The van der Waals surface area contributed by atoms with E-state index in [-0.39, 0.29) is 13.0 Å². The van der Waals surface area contributed by atoms with Crippen molar-refractivity contribution in [2.75, 3.05) is 7.05 Å². The lowest BCUT2D eigenvalue weighted by molar-refractivity contribution is -0.497. The molecule has 0 heterocycles. The highest BCUT2D eigenvalue weighted by atomic mass is 19.1. The molecule has 1 amide bonds. The normalized spacial score (nSPS) is 20.5. The second kappa shape index (κ2) is 6.72. The van der Waals surface area contributed by atoms with Crippen LogP contribution in [0.5, 0.6) is 0 Å². The van der Waals surface area contributed by atoms with Crippen molar-refractivity contribution < 1.29 is 23.6 Å². The summed E-state index contributed by atoms with van der Waals surface area (Å²) in [6.45, 7) is 1.57. The molecule has 0 aliphatic heterocycles. The number of likely N-dealkylation sites (N-methyl/N-ethyl adjacent to an activating group) is 1. The van der Waals surface area contributed by atoms with Gasteiger partial charge in [-0.2, -0.15) is 0 Å². The molecule has 0 bridgehead atoms. The Kier molecular flexibility index (Phi) is 4.92. The van der Waals surface area contributed by atoms with E-state index in [9.17, 15) is 24.1 Å². The van der Waals surface area contributed by atoms with Crippen LogP contribution in [0, 0.1) is 21.8 Å². The number of amides is 1. The number of esters is 1. The van der Waals surface area contributed by atoms with Gasteiger partial charge in [0.05, 0.1) is 0 Å². The lowest BCUT2D eigenvalue weighted by Gasteiger charge is -2.21. The molecule has 7 nitrogen and oxygen atoms in total. The van der Waals surface area contributed by atoms with Crippen LogP contribution in [-0.2, 0) is 20.9 Å². The van der Waals surface area contributed by atoms with E-state index in [0.29, 0.717) is 5.56 Å². The number of hydrogen-bond acceptors (Lipinski definition) is 5. The second-order valence-electron chi connectivity index (χ2n) is 5.60. The summed E-state index contributed by atoms with van der Waals surface area (Å²) in [6, 6.07) is 4.92. The van der Waals surface area contributed by atoms with Crippen molar-refractivity contribution in [1.29, 1.82) is 0 Å². The SMILES string of the molecule is CC(OC(=O)C1CC1[N+](=O)[O-])C(=O)N(C)Cc1cccc(F)c1. The van der Waals surface area contributed by atoms with Gasteiger partial charge in [0.1, 0.15) is 11.7 Å². The molecule has 0 spiro atoms. The van der Waals surface area contributed by atoms with E-state index < -0.39 is 40.7 Å². The van der Waals surface area contributed by atoms with E-state index in [1.807, 2.05) is 0 Å². The molecule has 1 saturated carbocycles. The zero-order valence-electron chi connectivity index (χ0n) is 12.8. The molecule has 3 atom stereocenters. The predicted octanol–water partition coefficient (Wildman–Crippen LogP) is 1.38. The number of benzene rings is 1. The van der Waals surface area contributed by atoms with Crippen molar-refractivity contribution in [2.45, 2.75) is 32.0 Å². The summed E-state index contributed by atoms with van der Waals surface area (Å²) in [7, 11) is 1.51. The van der Waals surface area contributed by atoms with Crippen molar-refractivity contribution in [1.82, 2.24) is 4.90 Å². The third kappa shape index (κ3) is 4.24. The van der Waals surface area contributed by atoms with E-state index in [2.05, 4.69) is 0 Å². The molecular formula is C15H17FN2O5. The van der Waals surface area contributed by atoms with E-state index in [4.69, 9.17) is 4.74 Å². The van der Waals surface area contributed by atoms with Crippen LogP contribution in [0.15, 0.2) is 24.3 Å². The number of nitrogens with zero attached hydrogens (tertiary/aromatic N) is 2. The molecule has 0 radical (unpaired) electrons. The quantitative estimate of drug-likeness (QED) is 0.448. The minimum Gasteiger partial charge on any atom is -0.452 e. The van der Waals surface area contributed by atoms with Gasteiger partial charge in [0.2, 0.25) is 6.04 Å². The van der Waals surface area contributed by atoms with E-state index in [1.165, 1.54) is 37.1 Å². The summed E-state index contributed by atoms with van der Waals surface area (Å²) in [4.78, 5) is 35.2. The van der Waals surface area contributed by atoms with E-state index in [0.717, 1.165) is 0 Å². The number of nitro groups is 1. The van der Waals surface area contributed by atoms with Crippen molar-refractivity contribution in [2.24, 2.45) is 5.92 Å². The molecule has 124 valence electrons. The number of halogens is 1. The molecule has 0 aromatic heterocycles. The smallest absolute Gasteiger partial charge is 0.316 e. The minimum atomic E-state index is -1.05. The van der Waals surface area contributed by atoms with Gasteiger partial charge in [0.25, 0.3) is 5.91 Å². The van der Waals surface area contributed by atoms with Crippen LogP contribution in [0.4, 0.5) is 4.39 Å². The standard InChI is InChI=1S/C15H17FN2O5/c1-9(23-15(20)12-7-13(12)18(21)22)14(19)17(2)8-10-4-3-5-11(16)6-10/h3-6,9,12-13H,7-8H2,1-2H3. The molecule has 1 aliphatic rings. The average molecular weight is 324 g/mol. The molecular weight excluding hydrogens is 307 g/mol. The molecule has 1 fully saturated rings. The van der Waals surface area contributed by atoms with Crippen LogP contribution in [0.2, 0.25) is 0 Å². The Hall–Kier alpha value is -2.51. The predicted molar refractivity (Wildman–Crippen MR) is 77.3 cm³/mol. The van der Waals surface area contributed by atoms with Crippen LogP contribution in [0.1, 0.15) is 18.9 Å². The van der Waals surface area contributed by atoms with Gasteiger partial charge >= 0.3 is 5.97 Å². The maximum absolute atomic E-state index is 13.1. The van der Waals surface area contributed by atoms with Gasteiger partial charge in [0, 0.05) is 24.9 Å². The Bertz CT molecular complexity index is 636. The average Bonchev–Trinajstić information content (AvgIpc) is 3.27. The highest BCUT2D eigenvalue weighted by molar-refractivity contribution is 5.84. The molecule has 3 unspecified atom stereocenters. The lowest BCUT2D eigenvalue weighted by atomic mass is 10.2. The van der Waals surface area contributed by atoms with Crippen LogP contribution in [0.25, 0.3) is 0 Å². The second-order valence-corrected chi connectivity index (χ2v) is 5.60. The topological polar surface area (TPSA) is 89.7 Å². The first kappa shape index (κ1) is 16.9. The fourth-order valence-electron chi connectivity index (χ4n) is 2.28. The van der Waals surface area contributed by atoms with Crippen molar-refractivity contribution in [3.8, 4) is 0 Å². The maximum atomic E-state index is 13.1. The highest BCUT2D eigenvalue weighted by Crippen LogP contribution is 2.34. The maximum Gasteiger partial charge on any atom is 0.316 e. The van der Waals surface area contributed by atoms with Gasteiger partial charge in [-0.05, 0) is 24.6 Å². The van der Waals surface area contributed by atoms with Crippen LogP contribution in [-0.4, -0.2) is 40.9 Å². The largest absolute Gasteiger partial charge is 0.452 e. The first-order valence-corrected chi connectivity index (χ1v) is 7.13. The summed E-state index contributed by atoms with van der Waals surface area (Å²) in [5.74, 6) is -2.36. The number of rotatable bonds is 6.